The van der Waals surface area contributed by atoms with Gasteiger partial charge in [0.2, 0.25) is 0 Å². The molecule has 1 aromatic rings. The third-order valence-electron chi connectivity index (χ3n) is 3.64. The number of ether oxygens (including phenoxy) is 2. The van der Waals surface area contributed by atoms with Crippen LogP contribution in [0.3, 0.4) is 0 Å². The second-order valence-corrected chi connectivity index (χ2v) is 5.00. The molecule has 1 fully saturated rings. The molecule has 1 aliphatic heterocycles. The number of aliphatic hydroxyl groups is 1. The third-order valence-corrected chi connectivity index (χ3v) is 3.64. The fourth-order valence-electron chi connectivity index (χ4n) is 2.64. The minimum absolute atomic E-state index is 0.0150. The highest BCUT2D eigenvalue weighted by Crippen LogP contribution is 2.30. The van der Waals surface area contributed by atoms with E-state index in [1.807, 2.05) is 13.8 Å². The zero-order valence-corrected chi connectivity index (χ0v) is 12.7. The molecule has 5 nitrogen and oxygen atoms in total. The number of nitrogens with zero attached hydrogens (tertiary/aromatic N) is 1. The molecule has 2 rings (SSSR count). The molecule has 0 bridgehead atoms. The van der Waals surface area contributed by atoms with E-state index in [-0.39, 0.29) is 18.6 Å². The Kier molecular flexibility index (Phi) is 5.44. The molecule has 1 aliphatic rings. The summed E-state index contributed by atoms with van der Waals surface area (Å²) in [6, 6.07) is 5.18. The predicted octanol–water partition coefficient (Wildman–Crippen LogP) is 2.08. The third kappa shape index (κ3) is 3.47. The van der Waals surface area contributed by atoms with Crippen LogP contribution >= 0.6 is 0 Å². The summed E-state index contributed by atoms with van der Waals surface area (Å²) in [7, 11) is 0. The van der Waals surface area contributed by atoms with Gasteiger partial charge in [0.1, 0.15) is 0 Å². The maximum atomic E-state index is 12.6. The molecular weight excluding hydrogens is 270 g/mol. The number of amides is 1. The smallest absolute Gasteiger partial charge is 0.254 e. The quantitative estimate of drug-likeness (QED) is 0.872. The monoisotopic (exact) mass is 293 g/mol. The molecule has 0 aliphatic carbocycles. The van der Waals surface area contributed by atoms with Crippen LogP contribution < -0.4 is 9.47 Å². The van der Waals surface area contributed by atoms with Crippen molar-refractivity contribution in [2.75, 3.05) is 26.4 Å². The van der Waals surface area contributed by atoms with Gasteiger partial charge in [-0.05, 0) is 44.9 Å². The van der Waals surface area contributed by atoms with Crippen molar-refractivity contribution in [2.24, 2.45) is 0 Å². The van der Waals surface area contributed by atoms with Crippen LogP contribution in [0.2, 0.25) is 0 Å². The van der Waals surface area contributed by atoms with Gasteiger partial charge in [0.05, 0.1) is 25.9 Å². The number of benzene rings is 1. The molecule has 1 heterocycles. The predicted molar refractivity (Wildman–Crippen MR) is 79.9 cm³/mol. The number of hydrogen-bond acceptors (Lipinski definition) is 4. The second kappa shape index (κ2) is 7.31. The number of carbonyl (C=O) groups excluding carboxylic acids is 1. The number of aliphatic hydroxyl groups excluding tert-OH is 1. The molecule has 1 aromatic carbocycles. The zero-order valence-electron chi connectivity index (χ0n) is 12.7. The molecule has 0 spiro atoms. The average molecular weight is 293 g/mol. The number of carbonyl (C=O) groups is 1. The van der Waals surface area contributed by atoms with E-state index in [1.54, 1.807) is 23.1 Å². The Morgan fingerprint density at radius 1 is 1.29 bits per heavy atom. The van der Waals surface area contributed by atoms with Gasteiger partial charge in [-0.25, -0.2) is 0 Å². The molecule has 1 atom stereocenters. The van der Waals surface area contributed by atoms with E-state index in [4.69, 9.17) is 9.47 Å². The van der Waals surface area contributed by atoms with Crippen molar-refractivity contribution in [3.8, 4) is 11.5 Å². The number of hydrogen-bond donors (Lipinski definition) is 1. The highest BCUT2D eigenvalue weighted by molar-refractivity contribution is 5.95. The van der Waals surface area contributed by atoms with Gasteiger partial charge in [0.15, 0.2) is 11.5 Å². The van der Waals surface area contributed by atoms with Crippen LogP contribution in [-0.4, -0.2) is 48.3 Å². The van der Waals surface area contributed by atoms with Crippen LogP contribution in [0.25, 0.3) is 0 Å². The van der Waals surface area contributed by atoms with Gasteiger partial charge < -0.3 is 19.5 Å². The zero-order chi connectivity index (χ0) is 15.2. The molecule has 1 amide bonds. The van der Waals surface area contributed by atoms with Crippen molar-refractivity contribution >= 4 is 5.91 Å². The summed E-state index contributed by atoms with van der Waals surface area (Å²) in [5.74, 6) is 1.18. The van der Waals surface area contributed by atoms with Gasteiger partial charge in [-0.2, -0.15) is 0 Å². The fourth-order valence-corrected chi connectivity index (χ4v) is 2.64. The fraction of sp³-hybridized carbons (Fsp3) is 0.562. The van der Waals surface area contributed by atoms with Crippen LogP contribution in [0.15, 0.2) is 18.2 Å². The van der Waals surface area contributed by atoms with E-state index in [1.165, 1.54) is 0 Å². The lowest BCUT2D eigenvalue weighted by Crippen LogP contribution is -2.37. The Hall–Kier alpha value is -1.75. The lowest BCUT2D eigenvalue weighted by Gasteiger charge is -2.23. The molecule has 0 unspecified atom stereocenters. The van der Waals surface area contributed by atoms with Crippen molar-refractivity contribution in [1.82, 2.24) is 4.90 Å². The van der Waals surface area contributed by atoms with E-state index in [9.17, 15) is 9.90 Å². The van der Waals surface area contributed by atoms with E-state index in [0.717, 1.165) is 12.8 Å². The molecule has 1 saturated heterocycles. The summed E-state index contributed by atoms with van der Waals surface area (Å²) in [5.41, 5.74) is 0.572. The Morgan fingerprint density at radius 2 is 2.00 bits per heavy atom. The molecule has 1 N–H and O–H groups in total. The van der Waals surface area contributed by atoms with Gasteiger partial charge in [0.25, 0.3) is 5.91 Å². The minimum atomic E-state index is -0.0698. The number of rotatable bonds is 6. The van der Waals surface area contributed by atoms with Crippen LogP contribution in [0.1, 0.15) is 37.0 Å². The maximum Gasteiger partial charge on any atom is 0.254 e. The van der Waals surface area contributed by atoms with E-state index < -0.39 is 0 Å². The summed E-state index contributed by atoms with van der Waals surface area (Å²) < 4.78 is 11.1. The van der Waals surface area contributed by atoms with Crippen molar-refractivity contribution < 1.29 is 19.4 Å². The second-order valence-electron chi connectivity index (χ2n) is 5.00. The first-order chi connectivity index (χ1) is 10.2. The average Bonchev–Trinajstić information content (AvgIpc) is 2.97. The van der Waals surface area contributed by atoms with Crippen molar-refractivity contribution in [3.05, 3.63) is 23.8 Å². The van der Waals surface area contributed by atoms with Gasteiger partial charge >= 0.3 is 0 Å². The molecule has 21 heavy (non-hydrogen) atoms. The molecule has 0 radical (unpaired) electrons. The Balaban J connectivity index is 2.22. The van der Waals surface area contributed by atoms with Crippen LogP contribution in [0.5, 0.6) is 11.5 Å². The van der Waals surface area contributed by atoms with E-state index >= 15 is 0 Å². The van der Waals surface area contributed by atoms with Crippen LogP contribution in [0.4, 0.5) is 0 Å². The maximum absolute atomic E-state index is 12.6. The molecular formula is C16H23NO4. The first kappa shape index (κ1) is 15.6. The largest absolute Gasteiger partial charge is 0.490 e. The summed E-state index contributed by atoms with van der Waals surface area (Å²) >= 11 is 0. The molecule has 0 aromatic heterocycles. The first-order valence-electron chi connectivity index (χ1n) is 7.52. The van der Waals surface area contributed by atoms with Crippen LogP contribution in [-0.2, 0) is 0 Å². The topological polar surface area (TPSA) is 59.0 Å². The van der Waals surface area contributed by atoms with Crippen molar-refractivity contribution in [2.45, 2.75) is 32.7 Å². The van der Waals surface area contributed by atoms with Gasteiger partial charge in [-0.1, -0.05) is 0 Å². The standard InChI is InChI=1S/C16H23NO4/c1-3-20-14-8-7-12(10-15(14)21-4-2)16(19)17-9-5-6-13(17)11-18/h7-8,10,13,18H,3-6,9,11H2,1-2H3/t13-/m0/s1. The summed E-state index contributed by atoms with van der Waals surface area (Å²) in [5, 5.41) is 9.35. The Labute approximate surface area is 125 Å². The Morgan fingerprint density at radius 3 is 2.67 bits per heavy atom. The summed E-state index contributed by atoms with van der Waals surface area (Å²) in [6.45, 7) is 5.58. The summed E-state index contributed by atoms with van der Waals surface area (Å²) in [4.78, 5) is 14.3. The SMILES string of the molecule is CCOc1ccc(C(=O)N2CCC[C@H]2CO)cc1OCC. The van der Waals surface area contributed by atoms with Gasteiger partial charge in [-0.3, -0.25) is 4.79 Å². The van der Waals surface area contributed by atoms with Gasteiger partial charge in [0, 0.05) is 12.1 Å². The van der Waals surface area contributed by atoms with E-state index in [2.05, 4.69) is 0 Å². The normalized spacial score (nSPS) is 17.9. The molecule has 116 valence electrons. The van der Waals surface area contributed by atoms with E-state index in [0.29, 0.717) is 36.8 Å². The number of likely N-dealkylation sites (tertiary alicyclic amines) is 1. The summed E-state index contributed by atoms with van der Waals surface area (Å²) in [6.07, 6.45) is 1.80. The van der Waals surface area contributed by atoms with Crippen LogP contribution in [0, 0.1) is 0 Å². The lowest BCUT2D eigenvalue weighted by molar-refractivity contribution is 0.0677. The minimum Gasteiger partial charge on any atom is -0.490 e. The van der Waals surface area contributed by atoms with Crippen molar-refractivity contribution in [3.63, 3.8) is 0 Å². The van der Waals surface area contributed by atoms with Crippen molar-refractivity contribution in [1.29, 1.82) is 0 Å². The highest BCUT2D eigenvalue weighted by atomic mass is 16.5. The molecule has 0 saturated carbocycles. The molecule has 5 heteroatoms. The first-order valence-corrected chi connectivity index (χ1v) is 7.52. The Bertz CT molecular complexity index is 489. The highest BCUT2D eigenvalue weighted by Gasteiger charge is 2.29. The van der Waals surface area contributed by atoms with Gasteiger partial charge in [-0.15, -0.1) is 0 Å². The lowest BCUT2D eigenvalue weighted by atomic mass is 10.1.